The van der Waals surface area contributed by atoms with Crippen LogP contribution in [-0.2, 0) is 12.5 Å². The Morgan fingerprint density at radius 1 is 1.11 bits per heavy atom. The van der Waals surface area contributed by atoms with E-state index in [1.807, 2.05) is 37.7 Å². The number of alkyl halides is 2. The van der Waals surface area contributed by atoms with Crippen molar-refractivity contribution in [2.24, 2.45) is 22.6 Å². The highest BCUT2D eigenvalue weighted by Crippen LogP contribution is 2.43. The van der Waals surface area contributed by atoms with E-state index in [2.05, 4.69) is 30.7 Å². The molecule has 2 aliphatic rings. The molecule has 1 aromatic carbocycles. The van der Waals surface area contributed by atoms with Gasteiger partial charge in [0.2, 0.25) is 0 Å². The number of nitrogens with two attached hydrogens (primary N) is 1. The number of likely N-dealkylation sites (N-methyl/N-ethyl adjacent to an activating group) is 1. The summed E-state index contributed by atoms with van der Waals surface area (Å²) in [5.74, 6) is -4.94. The number of hydrogen-bond acceptors (Lipinski definition) is 5. The average Bonchev–Trinajstić information content (AvgIpc) is 3.07. The first-order chi connectivity index (χ1) is 22.4. The number of amidine groups is 2. The zero-order valence-electron chi connectivity index (χ0n) is 30.0. The summed E-state index contributed by atoms with van der Waals surface area (Å²) in [7, 11) is 3.73. The number of likely N-dealkylation sites (tertiary alicyclic amines) is 2. The fraction of sp³-hybridized carbons (Fsp3) is 0.676. The molecular formula is C37H61F3N6O. The molecule has 0 unspecified atom stereocenters. The highest BCUT2D eigenvalue weighted by molar-refractivity contribution is 6.21. The van der Waals surface area contributed by atoms with Gasteiger partial charge in [-0.2, -0.15) is 0 Å². The van der Waals surface area contributed by atoms with E-state index in [0.717, 1.165) is 57.9 Å². The first-order valence-electron chi connectivity index (χ1n) is 17.6. The van der Waals surface area contributed by atoms with Crippen molar-refractivity contribution >= 4 is 11.7 Å². The molecule has 0 radical (unpaired) electrons. The van der Waals surface area contributed by atoms with Crippen molar-refractivity contribution in [3.8, 4) is 0 Å². The van der Waals surface area contributed by atoms with Crippen molar-refractivity contribution in [2.45, 2.75) is 104 Å². The lowest BCUT2D eigenvalue weighted by Crippen LogP contribution is -2.39. The summed E-state index contributed by atoms with van der Waals surface area (Å²) >= 11 is 0. The Morgan fingerprint density at radius 2 is 1.74 bits per heavy atom. The quantitative estimate of drug-likeness (QED) is 0.0616. The first kappa shape index (κ1) is 40.3. The van der Waals surface area contributed by atoms with E-state index in [1.54, 1.807) is 6.08 Å². The number of aliphatic hydroxyl groups is 1. The monoisotopic (exact) mass is 662 g/mol. The molecule has 4 N–H and O–H groups in total. The summed E-state index contributed by atoms with van der Waals surface area (Å²) in [6, 6.07) is 4.51. The van der Waals surface area contributed by atoms with Crippen LogP contribution < -0.4 is 5.73 Å². The molecule has 2 aliphatic heterocycles. The molecule has 10 heteroatoms. The second kappa shape index (κ2) is 19.8. The van der Waals surface area contributed by atoms with Crippen molar-refractivity contribution in [1.29, 1.82) is 5.41 Å². The van der Waals surface area contributed by atoms with Crippen molar-refractivity contribution in [3.05, 3.63) is 58.6 Å². The van der Waals surface area contributed by atoms with Crippen LogP contribution in [0.1, 0.15) is 97.1 Å². The van der Waals surface area contributed by atoms with Crippen molar-refractivity contribution in [2.75, 3.05) is 46.8 Å². The number of rotatable bonds is 14. The van der Waals surface area contributed by atoms with Crippen molar-refractivity contribution < 1.29 is 18.3 Å². The van der Waals surface area contributed by atoms with Gasteiger partial charge in [0, 0.05) is 31.1 Å². The minimum atomic E-state index is -3.30. The van der Waals surface area contributed by atoms with Crippen LogP contribution in [0.4, 0.5) is 13.2 Å². The van der Waals surface area contributed by atoms with E-state index in [4.69, 9.17) is 11.1 Å². The Hall–Kier alpha value is -2.85. The average molecular weight is 663 g/mol. The molecule has 3 rings (SSSR count). The molecular weight excluding hydrogens is 601 g/mol. The third-order valence-electron chi connectivity index (χ3n) is 9.54. The van der Waals surface area contributed by atoms with Gasteiger partial charge in [-0.05, 0) is 96.7 Å². The summed E-state index contributed by atoms with van der Waals surface area (Å²) < 4.78 is 46.7. The number of halogens is 3. The molecule has 2 fully saturated rings. The fourth-order valence-electron chi connectivity index (χ4n) is 6.34. The van der Waals surface area contributed by atoms with Gasteiger partial charge in [0.15, 0.2) is 0 Å². The molecule has 0 aromatic heterocycles. The number of piperidine rings is 2. The number of unbranched alkanes of at least 4 members (excludes halogenated alkanes) is 3. The first-order valence-corrected chi connectivity index (χ1v) is 17.6. The molecule has 47 heavy (non-hydrogen) atoms. The van der Waals surface area contributed by atoms with Crippen molar-refractivity contribution in [1.82, 2.24) is 14.7 Å². The molecule has 2 heterocycles. The van der Waals surface area contributed by atoms with Crippen LogP contribution in [0, 0.1) is 23.1 Å². The van der Waals surface area contributed by atoms with Gasteiger partial charge < -0.3 is 25.5 Å². The van der Waals surface area contributed by atoms with E-state index in [1.165, 1.54) is 18.2 Å². The van der Waals surface area contributed by atoms with E-state index in [9.17, 15) is 5.11 Å². The van der Waals surface area contributed by atoms with Crippen LogP contribution in [-0.4, -0.2) is 84.3 Å². The molecule has 0 saturated carbocycles. The minimum absolute atomic E-state index is 0.00579. The highest BCUT2D eigenvalue weighted by Gasteiger charge is 2.44. The van der Waals surface area contributed by atoms with Gasteiger partial charge in [0.1, 0.15) is 17.5 Å². The summed E-state index contributed by atoms with van der Waals surface area (Å²) in [4.78, 5) is 10.6. The number of benzene rings is 1. The van der Waals surface area contributed by atoms with Crippen molar-refractivity contribution in [3.63, 3.8) is 0 Å². The zero-order chi connectivity index (χ0) is 35.1. The molecule has 7 nitrogen and oxygen atoms in total. The lowest BCUT2D eigenvalue weighted by atomic mass is 9.86. The zero-order valence-corrected chi connectivity index (χ0v) is 30.0. The summed E-state index contributed by atoms with van der Waals surface area (Å²) in [6.45, 7) is 13.8. The molecule has 266 valence electrons. The van der Waals surface area contributed by atoms with Gasteiger partial charge in [0.25, 0.3) is 5.92 Å². The van der Waals surface area contributed by atoms with E-state index in [0.29, 0.717) is 49.7 Å². The number of nitrogens with zero attached hydrogens (tertiary/aromatic N) is 4. The van der Waals surface area contributed by atoms with Gasteiger partial charge in [-0.3, -0.25) is 10.4 Å². The molecule has 0 bridgehead atoms. The minimum Gasteiger partial charge on any atom is -0.515 e. The van der Waals surface area contributed by atoms with Crippen LogP contribution in [0.15, 0.2) is 46.7 Å². The Labute approximate surface area is 282 Å². The molecule has 0 amide bonds. The lowest BCUT2D eigenvalue weighted by molar-refractivity contribution is -0.0862. The maximum atomic E-state index is 15.6. The number of hydrogen-bond donors (Lipinski definition) is 3. The number of allylic oxidation sites excluding steroid dienone is 2. The molecule has 0 atom stereocenters. The molecule has 0 aliphatic carbocycles. The highest BCUT2D eigenvalue weighted by atomic mass is 19.3. The molecule has 0 spiro atoms. The summed E-state index contributed by atoms with van der Waals surface area (Å²) in [6.07, 6.45) is 9.31. The maximum absolute atomic E-state index is 15.6. The Kier molecular flexibility index (Phi) is 17.0. The van der Waals surface area contributed by atoms with Crippen LogP contribution in [0.25, 0.3) is 0 Å². The maximum Gasteiger partial charge on any atom is 0.278 e. The van der Waals surface area contributed by atoms with E-state index < -0.39 is 23.2 Å². The van der Waals surface area contributed by atoms with Gasteiger partial charge in [-0.15, -0.1) is 0 Å². The fourth-order valence-corrected chi connectivity index (χ4v) is 6.34. The summed E-state index contributed by atoms with van der Waals surface area (Å²) in [5, 5.41) is 19.3. The second-order valence-electron chi connectivity index (χ2n) is 13.1. The number of aliphatic imine (C=N–C) groups is 1. The van der Waals surface area contributed by atoms with Crippen LogP contribution in [0.5, 0.6) is 0 Å². The predicted octanol–water partition coefficient (Wildman–Crippen LogP) is 8.12. The van der Waals surface area contributed by atoms with E-state index >= 15 is 13.2 Å². The lowest BCUT2D eigenvalue weighted by Gasteiger charge is -2.35. The second-order valence-corrected chi connectivity index (χ2v) is 13.1. The van der Waals surface area contributed by atoms with E-state index in [-0.39, 0.29) is 29.7 Å². The number of aliphatic hydroxyl groups excluding tert-OH is 1. The normalized spacial score (nSPS) is 18.3. The molecule has 2 saturated heterocycles. The van der Waals surface area contributed by atoms with Crippen LogP contribution >= 0.6 is 0 Å². The van der Waals surface area contributed by atoms with Gasteiger partial charge in [-0.25, -0.2) is 13.2 Å². The van der Waals surface area contributed by atoms with Gasteiger partial charge in [0.05, 0.1) is 23.9 Å². The smallest absolute Gasteiger partial charge is 0.278 e. The largest absolute Gasteiger partial charge is 0.515 e. The summed E-state index contributed by atoms with van der Waals surface area (Å²) in [5.41, 5.74) is 6.92. The van der Waals surface area contributed by atoms with Gasteiger partial charge >= 0.3 is 0 Å². The standard InChI is InChI=1S/C35H55F3N6O.C2H6/c1-6-7-8-9-17-43(5)34(40)30(22-28(24-45)26-13-20-44(21-14-26)25(2)3)33(39)41-23-27-11-10-12-31(32(27)36)35(37,38)29-15-18-42(4)19-16-29;1-2/h10-12,22,24-26,29,40,45H,6-9,13-21,23H2,1-5H3,(H2,39,41);1-2H3/b28-24-,30-22-,40-34?;. The van der Waals surface area contributed by atoms with Crippen LogP contribution in [0.2, 0.25) is 0 Å². The third-order valence-corrected chi connectivity index (χ3v) is 9.54. The van der Waals surface area contributed by atoms with Gasteiger partial charge in [-0.1, -0.05) is 58.2 Å². The number of nitrogens with one attached hydrogen (secondary N) is 1. The topological polar surface area (TPSA) is 92.2 Å². The Morgan fingerprint density at radius 3 is 2.32 bits per heavy atom. The third kappa shape index (κ3) is 11.4. The molecule has 1 aromatic rings. The SMILES string of the molecule is CC.CCCCCCN(C)C(=N)/C(=C\C(=C\O)C1CCN(C(C)C)CC1)C(N)=NCc1cccc(C(F)(F)C2CCN(C)CC2)c1F. The predicted molar refractivity (Wildman–Crippen MR) is 190 cm³/mol. The Balaban J connectivity index is 0.00000376. The Bertz CT molecular complexity index is 1200. The van der Waals surface area contributed by atoms with Crippen LogP contribution in [0.3, 0.4) is 0 Å².